The molecular formula is C18H23F3N4O3S. The second kappa shape index (κ2) is 9.33. The van der Waals surface area contributed by atoms with E-state index >= 15 is 0 Å². The number of ether oxygens (including phenoxy) is 1. The van der Waals surface area contributed by atoms with E-state index < -0.39 is 33.5 Å². The van der Waals surface area contributed by atoms with Crippen molar-refractivity contribution in [2.75, 3.05) is 18.4 Å². The second-order valence-corrected chi connectivity index (χ2v) is 8.00. The third-order valence-electron chi connectivity index (χ3n) is 4.10. The normalized spacial score (nSPS) is 17.8. The predicted molar refractivity (Wildman–Crippen MR) is 104 cm³/mol. The van der Waals surface area contributed by atoms with Crippen LogP contribution in [-0.2, 0) is 20.9 Å². The van der Waals surface area contributed by atoms with E-state index in [1.54, 1.807) is 6.08 Å². The van der Waals surface area contributed by atoms with Crippen molar-refractivity contribution >= 4 is 15.7 Å². The standard InChI is InChI=1S/C18H23F3N4O3S/c1-28-10-9-13(22)12-25(23)14-5-4-6-15(11-14)29(26,27)24-17-8-3-2-7-16(17)18(19,20)21/h2-4,6-8,11-12,14,24H,5,9-10,22-23H2,1H3/b13-12-. The Balaban J connectivity index is 2.24. The first kappa shape index (κ1) is 22.8. The summed E-state index contributed by atoms with van der Waals surface area (Å²) in [6.07, 6.45) is 1.88. The smallest absolute Gasteiger partial charge is 0.401 e. The number of rotatable bonds is 8. The van der Waals surface area contributed by atoms with Gasteiger partial charge >= 0.3 is 6.18 Å². The Kier molecular flexibility index (Phi) is 7.33. The lowest BCUT2D eigenvalue weighted by Crippen LogP contribution is -2.37. The average Bonchev–Trinajstić information content (AvgIpc) is 2.65. The van der Waals surface area contributed by atoms with Gasteiger partial charge in [-0.15, -0.1) is 0 Å². The molecule has 0 aliphatic heterocycles. The number of halogens is 3. The predicted octanol–water partition coefficient (Wildman–Crippen LogP) is 2.67. The summed E-state index contributed by atoms with van der Waals surface area (Å²) in [5.74, 6) is 5.95. The highest BCUT2D eigenvalue weighted by Gasteiger charge is 2.34. The molecular weight excluding hydrogens is 409 g/mol. The fourth-order valence-corrected chi connectivity index (χ4v) is 3.82. The van der Waals surface area contributed by atoms with E-state index in [1.165, 1.54) is 42.6 Å². The van der Waals surface area contributed by atoms with Gasteiger partial charge in [0.25, 0.3) is 10.0 Å². The summed E-state index contributed by atoms with van der Waals surface area (Å²) in [6.45, 7) is 0.402. The molecule has 0 spiro atoms. The number of hydrogen-bond donors (Lipinski definition) is 3. The number of hydrogen-bond acceptors (Lipinski definition) is 6. The molecule has 0 radical (unpaired) electrons. The number of benzene rings is 1. The molecule has 160 valence electrons. The van der Waals surface area contributed by atoms with Gasteiger partial charge < -0.3 is 15.5 Å². The van der Waals surface area contributed by atoms with Crippen molar-refractivity contribution in [2.45, 2.75) is 25.1 Å². The number of allylic oxidation sites excluding steroid dienone is 1. The lowest BCUT2D eigenvalue weighted by molar-refractivity contribution is -0.136. The molecule has 11 heteroatoms. The van der Waals surface area contributed by atoms with Gasteiger partial charge in [0.2, 0.25) is 0 Å². The van der Waals surface area contributed by atoms with Crippen LogP contribution in [0.3, 0.4) is 0 Å². The van der Waals surface area contributed by atoms with Crippen molar-refractivity contribution < 1.29 is 26.3 Å². The highest BCUT2D eigenvalue weighted by molar-refractivity contribution is 7.96. The quantitative estimate of drug-likeness (QED) is 0.430. The molecule has 1 aromatic carbocycles. The van der Waals surface area contributed by atoms with Gasteiger partial charge in [0.05, 0.1) is 28.8 Å². The second-order valence-electron chi connectivity index (χ2n) is 6.32. The zero-order chi connectivity index (χ0) is 21.7. The van der Waals surface area contributed by atoms with Gasteiger partial charge in [-0.2, -0.15) is 13.2 Å². The third-order valence-corrected chi connectivity index (χ3v) is 5.48. The van der Waals surface area contributed by atoms with Crippen molar-refractivity contribution in [1.29, 1.82) is 0 Å². The first-order valence-corrected chi connectivity index (χ1v) is 10.1. The van der Waals surface area contributed by atoms with Crippen molar-refractivity contribution in [3.05, 3.63) is 64.9 Å². The van der Waals surface area contributed by atoms with Crippen LogP contribution >= 0.6 is 0 Å². The van der Waals surface area contributed by atoms with E-state index in [0.717, 1.165) is 12.1 Å². The van der Waals surface area contributed by atoms with E-state index in [0.29, 0.717) is 25.1 Å². The maximum atomic E-state index is 13.1. The number of nitrogens with one attached hydrogen (secondary N) is 1. The monoisotopic (exact) mass is 432 g/mol. The number of nitrogens with two attached hydrogens (primary N) is 2. The molecule has 2 rings (SSSR count). The molecule has 0 saturated carbocycles. The summed E-state index contributed by atoms with van der Waals surface area (Å²) in [7, 11) is -2.73. The Bertz CT molecular complexity index is 911. The minimum Gasteiger partial charge on any atom is -0.401 e. The molecule has 0 amide bonds. The Morgan fingerprint density at radius 1 is 1.38 bits per heavy atom. The van der Waals surface area contributed by atoms with Crippen molar-refractivity contribution in [3.63, 3.8) is 0 Å². The zero-order valence-electron chi connectivity index (χ0n) is 15.7. The number of para-hydroxylation sites is 1. The lowest BCUT2D eigenvalue weighted by Gasteiger charge is -2.26. The zero-order valence-corrected chi connectivity index (χ0v) is 16.5. The molecule has 0 aromatic heterocycles. The number of sulfonamides is 1. The number of alkyl halides is 3. The van der Waals surface area contributed by atoms with Crippen LogP contribution < -0.4 is 16.3 Å². The molecule has 0 saturated heterocycles. The highest BCUT2D eigenvalue weighted by atomic mass is 32.2. The van der Waals surface area contributed by atoms with Gasteiger partial charge in [0.1, 0.15) is 0 Å². The molecule has 1 aliphatic rings. The van der Waals surface area contributed by atoms with Crippen molar-refractivity contribution in [1.82, 2.24) is 5.01 Å². The summed E-state index contributed by atoms with van der Waals surface area (Å²) in [4.78, 5) is -0.190. The van der Waals surface area contributed by atoms with E-state index in [9.17, 15) is 21.6 Å². The SMILES string of the molecule is COCC/C(N)=C/N(N)C1C=C(S(=O)(=O)Nc2ccccc2C(F)(F)F)C=CC1. The third kappa shape index (κ3) is 6.24. The van der Waals surface area contributed by atoms with Gasteiger partial charge in [0.15, 0.2) is 0 Å². The minimum absolute atomic E-state index is 0.190. The highest BCUT2D eigenvalue weighted by Crippen LogP contribution is 2.35. The van der Waals surface area contributed by atoms with Crippen LogP contribution in [0.15, 0.2) is 59.3 Å². The van der Waals surface area contributed by atoms with Gasteiger partial charge in [-0.1, -0.05) is 18.2 Å². The topological polar surface area (TPSA) is 111 Å². The van der Waals surface area contributed by atoms with E-state index in [4.69, 9.17) is 16.3 Å². The molecule has 1 aliphatic carbocycles. The summed E-state index contributed by atoms with van der Waals surface area (Å²) in [5.41, 5.74) is 4.65. The van der Waals surface area contributed by atoms with Crippen molar-refractivity contribution in [3.8, 4) is 0 Å². The van der Waals surface area contributed by atoms with Gasteiger partial charge in [-0.3, -0.25) is 4.72 Å². The number of hydrazine groups is 1. The molecule has 5 N–H and O–H groups in total. The molecule has 1 aromatic rings. The minimum atomic E-state index is -4.70. The molecule has 0 heterocycles. The number of nitrogens with zero attached hydrogens (tertiary/aromatic N) is 1. The Hall–Kier alpha value is -2.50. The Labute approximate surface area is 167 Å². The van der Waals surface area contributed by atoms with E-state index in [2.05, 4.69) is 0 Å². The lowest BCUT2D eigenvalue weighted by atomic mass is 10.1. The number of anilines is 1. The first-order valence-electron chi connectivity index (χ1n) is 8.60. The molecule has 7 nitrogen and oxygen atoms in total. The fraction of sp³-hybridized carbons (Fsp3) is 0.333. The molecule has 1 atom stereocenters. The summed E-state index contributed by atoms with van der Waals surface area (Å²) in [6, 6.07) is 3.82. The summed E-state index contributed by atoms with van der Waals surface area (Å²) in [5, 5.41) is 1.26. The van der Waals surface area contributed by atoms with Crippen LogP contribution in [0.4, 0.5) is 18.9 Å². The van der Waals surface area contributed by atoms with Crippen LogP contribution in [0, 0.1) is 0 Å². The van der Waals surface area contributed by atoms with Crippen LogP contribution in [0.1, 0.15) is 18.4 Å². The summed E-state index contributed by atoms with van der Waals surface area (Å²) >= 11 is 0. The Morgan fingerprint density at radius 2 is 2.07 bits per heavy atom. The average molecular weight is 432 g/mol. The summed E-state index contributed by atoms with van der Waals surface area (Å²) < 4.78 is 71.6. The maximum Gasteiger partial charge on any atom is 0.418 e. The Morgan fingerprint density at radius 3 is 2.72 bits per heavy atom. The molecule has 29 heavy (non-hydrogen) atoms. The number of methoxy groups -OCH3 is 1. The fourth-order valence-electron chi connectivity index (χ4n) is 2.62. The largest absolute Gasteiger partial charge is 0.418 e. The van der Waals surface area contributed by atoms with E-state index in [1.807, 2.05) is 4.72 Å². The van der Waals surface area contributed by atoms with Crippen LogP contribution in [0.25, 0.3) is 0 Å². The van der Waals surface area contributed by atoms with Gasteiger partial charge in [0, 0.05) is 25.4 Å². The van der Waals surface area contributed by atoms with Crippen molar-refractivity contribution in [2.24, 2.45) is 11.6 Å². The van der Waals surface area contributed by atoms with Crippen LogP contribution in [0.5, 0.6) is 0 Å². The molecule has 1 unspecified atom stereocenters. The molecule has 0 fully saturated rings. The van der Waals surface area contributed by atoms with Gasteiger partial charge in [-0.05, 0) is 30.7 Å². The first-order chi connectivity index (χ1) is 13.5. The van der Waals surface area contributed by atoms with Crippen LogP contribution in [-0.4, -0.2) is 33.2 Å². The van der Waals surface area contributed by atoms with E-state index in [-0.39, 0.29) is 4.91 Å². The molecule has 0 bridgehead atoms. The maximum absolute atomic E-state index is 13.1. The van der Waals surface area contributed by atoms with Crippen LogP contribution in [0.2, 0.25) is 0 Å². The van der Waals surface area contributed by atoms with Gasteiger partial charge in [-0.25, -0.2) is 14.3 Å².